The molecule has 0 saturated carbocycles. The van der Waals surface area contributed by atoms with Crippen LogP contribution < -0.4 is 30.9 Å². The molecule has 0 aliphatic carbocycles. The van der Waals surface area contributed by atoms with E-state index in [0.717, 1.165) is 45.6 Å². The summed E-state index contributed by atoms with van der Waals surface area (Å²) in [4.78, 5) is 10.2. The highest BCUT2D eigenvalue weighted by atomic mass is 32.2. The van der Waals surface area contributed by atoms with E-state index in [-0.39, 0.29) is 6.71 Å². The number of benzene rings is 11. The molecule has 0 fully saturated rings. The van der Waals surface area contributed by atoms with Gasteiger partial charge in [-0.05, 0) is 151 Å². The summed E-state index contributed by atoms with van der Waals surface area (Å²) in [5.41, 5.74) is 24.0. The highest BCUT2D eigenvalue weighted by molar-refractivity contribution is 7.99. The second-order valence-electron chi connectivity index (χ2n) is 24.0. The Morgan fingerprint density at radius 3 is 0.952 bits per heavy atom. The van der Waals surface area contributed by atoms with Crippen molar-refractivity contribution in [2.24, 2.45) is 0 Å². The van der Waals surface area contributed by atoms with Gasteiger partial charge in [-0.15, -0.1) is 0 Å². The van der Waals surface area contributed by atoms with Crippen molar-refractivity contribution in [1.29, 1.82) is 0 Å². The number of rotatable bonds is 6. The van der Waals surface area contributed by atoms with E-state index >= 15 is 0 Å². The van der Waals surface area contributed by atoms with Gasteiger partial charge in [-0.25, -0.2) is 0 Å². The molecule has 0 N–H and O–H groups in total. The Bertz CT molecular complexity index is 4020. The van der Waals surface area contributed by atoms with Crippen LogP contribution in [0, 0.1) is 0 Å². The minimum Gasteiger partial charge on any atom is -0.458 e. The lowest BCUT2D eigenvalue weighted by molar-refractivity contribution is 0.487. The van der Waals surface area contributed by atoms with E-state index in [1.807, 2.05) is 23.5 Å². The van der Waals surface area contributed by atoms with Crippen molar-refractivity contribution in [2.75, 3.05) is 9.80 Å². The molecule has 11 aromatic carbocycles. The molecule has 5 heterocycles. The lowest BCUT2D eigenvalue weighted by Crippen LogP contribution is -2.57. The second kappa shape index (κ2) is 19.1. The Morgan fingerprint density at radius 1 is 0.337 bits per heavy atom. The van der Waals surface area contributed by atoms with Crippen LogP contribution in [0.4, 0.5) is 34.1 Å². The first-order valence-electron chi connectivity index (χ1n) is 29.5. The van der Waals surface area contributed by atoms with Gasteiger partial charge in [0.1, 0.15) is 11.5 Å². The molecule has 83 heavy (non-hydrogen) atoms. The summed E-state index contributed by atoms with van der Waals surface area (Å²) in [6.45, 7) is 14.1. The Morgan fingerprint density at radius 2 is 0.639 bits per heavy atom. The molecule has 0 aromatic heterocycles. The van der Waals surface area contributed by atoms with Crippen LogP contribution in [-0.2, 0) is 10.8 Å². The van der Waals surface area contributed by atoms with Gasteiger partial charge in [0.05, 0.1) is 33.6 Å². The highest BCUT2D eigenvalue weighted by Crippen LogP contribution is 2.65. The van der Waals surface area contributed by atoms with Crippen LogP contribution in [0.1, 0.15) is 120 Å². The van der Waals surface area contributed by atoms with Gasteiger partial charge in [-0.2, -0.15) is 0 Å². The smallest absolute Gasteiger partial charge is 0.251 e. The summed E-state index contributed by atoms with van der Waals surface area (Å²) < 4.78 is 7.65. The van der Waals surface area contributed by atoms with Crippen molar-refractivity contribution in [2.45, 2.75) is 89.7 Å². The topological polar surface area (TPSA) is 15.7 Å². The van der Waals surface area contributed by atoms with E-state index in [2.05, 4.69) is 294 Å². The molecule has 16 rings (SSSR count). The van der Waals surface area contributed by atoms with Gasteiger partial charge in [-0.1, -0.05) is 240 Å². The fourth-order valence-corrected chi connectivity index (χ4v) is 17.5. The standard InChI is InChI=1S/C77H61BN2OS2/c1-47(2)50-43-53(48(3)4)75(54(44-50)49(5)6)78-63-41-39-51(79-65-31-15-7-23-55(65)76(56-24-8-16-32-66(56)79)59-27-11-19-35-71(59)82-72-36-20-12-28-60(72)76)45-69(63)81-70-46-52(40-42-64(70)78)80-67-33-17-9-25-57(67)77(58-26-10-18-34-68(58)80)61-29-13-21-37-73(61)83-74-38-22-14-30-62(74)77/h7-49H,1-6H3. The second-order valence-corrected chi connectivity index (χ2v) is 26.2. The highest BCUT2D eigenvalue weighted by Gasteiger charge is 2.52. The van der Waals surface area contributed by atoms with Crippen LogP contribution in [0.3, 0.4) is 0 Å². The van der Waals surface area contributed by atoms with E-state index in [1.165, 1.54) is 97.2 Å². The van der Waals surface area contributed by atoms with Crippen LogP contribution in [0.15, 0.2) is 262 Å². The van der Waals surface area contributed by atoms with Crippen molar-refractivity contribution in [3.05, 3.63) is 304 Å². The van der Waals surface area contributed by atoms with E-state index in [4.69, 9.17) is 4.74 Å². The lowest BCUT2D eigenvalue weighted by atomic mass is 9.34. The summed E-state index contributed by atoms with van der Waals surface area (Å²) >= 11 is 3.76. The van der Waals surface area contributed by atoms with Gasteiger partial charge in [0, 0.05) is 43.1 Å². The van der Waals surface area contributed by atoms with Crippen LogP contribution in [-0.4, -0.2) is 6.71 Å². The van der Waals surface area contributed by atoms with Crippen molar-refractivity contribution >= 4 is 80.7 Å². The zero-order chi connectivity index (χ0) is 55.9. The maximum absolute atomic E-state index is 7.65. The summed E-state index contributed by atoms with van der Waals surface area (Å²) in [5, 5.41) is 0. The Balaban J connectivity index is 0.913. The molecule has 6 heteroatoms. The first kappa shape index (κ1) is 50.3. The third-order valence-corrected chi connectivity index (χ3v) is 20.9. The number of hydrogen-bond donors (Lipinski definition) is 0. The van der Waals surface area contributed by atoms with Crippen LogP contribution >= 0.6 is 23.5 Å². The van der Waals surface area contributed by atoms with Crippen LogP contribution in [0.5, 0.6) is 11.5 Å². The Labute approximate surface area is 497 Å². The molecular formula is C77H61BN2OS2. The minimum absolute atomic E-state index is 0.0956. The van der Waals surface area contributed by atoms with E-state index in [9.17, 15) is 0 Å². The maximum Gasteiger partial charge on any atom is 0.251 e. The lowest BCUT2D eigenvalue weighted by Gasteiger charge is -2.49. The first-order valence-corrected chi connectivity index (χ1v) is 31.1. The fraction of sp³-hybridized carbons (Fsp3) is 0.143. The maximum atomic E-state index is 7.65. The van der Waals surface area contributed by atoms with Crippen molar-refractivity contribution < 1.29 is 4.74 Å². The minimum atomic E-state index is -0.538. The quantitative estimate of drug-likeness (QED) is 0.154. The molecule has 5 aliphatic heterocycles. The monoisotopic (exact) mass is 1100 g/mol. The summed E-state index contributed by atoms with van der Waals surface area (Å²) in [6, 6.07) is 92.0. The van der Waals surface area contributed by atoms with Crippen LogP contribution in [0.2, 0.25) is 0 Å². The van der Waals surface area contributed by atoms with Gasteiger partial charge < -0.3 is 14.5 Å². The third-order valence-electron chi connectivity index (χ3n) is 18.6. The molecule has 0 atom stereocenters. The van der Waals surface area contributed by atoms with Gasteiger partial charge in [0.25, 0.3) is 6.71 Å². The normalized spacial score (nSPS) is 15.1. The van der Waals surface area contributed by atoms with Crippen molar-refractivity contribution in [3.63, 3.8) is 0 Å². The van der Waals surface area contributed by atoms with E-state index in [1.54, 1.807) is 0 Å². The van der Waals surface area contributed by atoms with E-state index < -0.39 is 10.8 Å². The molecule has 0 amide bonds. The predicted octanol–water partition coefficient (Wildman–Crippen LogP) is 18.9. The molecule has 0 saturated heterocycles. The zero-order valence-corrected chi connectivity index (χ0v) is 49.2. The predicted molar refractivity (Wildman–Crippen MR) is 348 cm³/mol. The van der Waals surface area contributed by atoms with Crippen LogP contribution in [0.25, 0.3) is 0 Å². The number of anilines is 6. The zero-order valence-electron chi connectivity index (χ0n) is 47.5. The molecule has 5 aliphatic rings. The molecule has 400 valence electrons. The molecule has 0 bridgehead atoms. The van der Waals surface area contributed by atoms with E-state index in [0.29, 0.717) is 17.8 Å². The summed E-state index contributed by atoms with van der Waals surface area (Å²) in [5.74, 6) is 2.73. The van der Waals surface area contributed by atoms with Gasteiger partial charge in [-0.3, -0.25) is 0 Å². The Kier molecular flexibility index (Phi) is 11.6. The number of ether oxygens (including phenoxy) is 1. The van der Waals surface area contributed by atoms with Gasteiger partial charge in [0.15, 0.2) is 0 Å². The van der Waals surface area contributed by atoms with Crippen molar-refractivity contribution in [3.8, 4) is 11.5 Å². The fourth-order valence-electron chi connectivity index (χ4n) is 15.1. The first-order chi connectivity index (χ1) is 40.7. The number of nitrogens with zero attached hydrogens (tertiary/aromatic N) is 2. The summed E-state index contributed by atoms with van der Waals surface area (Å²) in [6.07, 6.45) is 0. The van der Waals surface area contributed by atoms with Gasteiger partial charge >= 0.3 is 0 Å². The SMILES string of the molecule is CC(C)c1cc(C(C)C)c(B2c3ccc(N4c5ccccc5C5(c6ccccc6Sc6ccccc65)c5ccccc54)cc3Oc3cc(N4c5ccccc5C5(c6ccccc6Sc6ccccc65)c5ccccc54)ccc32)c(C(C)C)c1. The molecule has 0 radical (unpaired) electrons. The third kappa shape index (κ3) is 7.15. The number of para-hydroxylation sites is 4. The average molecular weight is 1110 g/mol. The average Bonchev–Trinajstić information content (AvgIpc) is 3.36. The molecule has 3 nitrogen and oxygen atoms in total. The van der Waals surface area contributed by atoms with Gasteiger partial charge in [0.2, 0.25) is 0 Å². The molecule has 0 unspecified atom stereocenters. The Hall–Kier alpha value is -8.42. The summed E-state index contributed by atoms with van der Waals surface area (Å²) in [7, 11) is 0. The number of fused-ring (bicyclic) bond motifs is 18. The number of hydrogen-bond acceptors (Lipinski definition) is 5. The largest absolute Gasteiger partial charge is 0.458 e. The van der Waals surface area contributed by atoms with Crippen molar-refractivity contribution in [1.82, 2.24) is 0 Å². The molecule has 11 aromatic rings. The molecule has 2 spiro atoms. The molecular weight excluding hydrogens is 1040 g/mol.